The first-order valence-electron chi connectivity index (χ1n) is 16.5. The van der Waals surface area contributed by atoms with Gasteiger partial charge in [-0.3, -0.25) is 4.79 Å². The number of fused-ring (bicyclic) bond motifs is 2. The molecule has 9 nitrogen and oxygen atoms in total. The monoisotopic (exact) mass is 640 g/mol. The second kappa shape index (κ2) is 14.0. The third-order valence-electron chi connectivity index (χ3n) is 8.39. The van der Waals surface area contributed by atoms with E-state index in [-0.39, 0.29) is 17.3 Å². The van der Waals surface area contributed by atoms with Crippen LogP contribution in [0.15, 0.2) is 54.6 Å². The average molecular weight is 641 g/mol. The highest BCUT2D eigenvalue weighted by Crippen LogP contribution is 2.32. The van der Waals surface area contributed by atoms with Gasteiger partial charge >= 0.3 is 5.97 Å². The zero-order valence-electron chi connectivity index (χ0n) is 28.8. The van der Waals surface area contributed by atoms with Crippen LogP contribution >= 0.6 is 0 Å². The van der Waals surface area contributed by atoms with E-state index < -0.39 is 11.7 Å². The molecule has 0 fully saturated rings. The van der Waals surface area contributed by atoms with Crippen molar-refractivity contribution in [3.63, 3.8) is 0 Å². The summed E-state index contributed by atoms with van der Waals surface area (Å²) in [5.74, 6) is -0.158. The Labute approximate surface area is 277 Å². The molecule has 1 aliphatic heterocycles. The van der Waals surface area contributed by atoms with Crippen molar-refractivity contribution in [1.82, 2.24) is 19.9 Å². The first-order valence-corrected chi connectivity index (χ1v) is 16.5. The average Bonchev–Trinajstić information content (AvgIpc) is 3.42. The molecule has 1 amide bonds. The van der Waals surface area contributed by atoms with Gasteiger partial charge in [-0.2, -0.15) is 0 Å². The van der Waals surface area contributed by atoms with Crippen LogP contribution in [-0.4, -0.2) is 55.6 Å². The molecule has 0 saturated carbocycles. The lowest BCUT2D eigenvalue weighted by Gasteiger charge is -2.31. The molecule has 0 spiro atoms. The van der Waals surface area contributed by atoms with E-state index in [1.807, 2.05) is 73.7 Å². The molecule has 2 heterocycles. The van der Waals surface area contributed by atoms with Crippen LogP contribution in [0.1, 0.15) is 104 Å². The number of hydrogen-bond acceptors (Lipinski definition) is 7. The van der Waals surface area contributed by atoms with E-state index in [4.69, 9.17) is 9.47 Å². The number of rotatable bonds is 10. The Hall–Kier alpha value is -4.08. The Morgan fingerprint density at radius 1 is 0.979 bits per heavy atom. The fraction of sp³-hybridized carbons (Fsp3) is 0.474. The SMILES string of the molecule is Cc1c(C(O)c2ccc3c(c2)CN(C(=O)CC(C)(C)C)CC3)ccc2c1nnn2CCCOCc1ccc(C(=O)OC(C)(C)C)cc1. The van der Waals surface area contributed by atoms with Crippen molar-refractivity contribution in [2.45, 2.75) is 99.1 Å². The second-order valence-electron chi connectivity index (χ2n) is 14.8. The largest absolute Gasteiger partial charge is 0.456 e. The molecule has 1 atom stereocenters. The van der Waals surface area contributed by atoms with E-state index in [1.54, 1.807) is 12.1 Å². The Balaban J connectivity index is 1.17. The highest BCUT2D eigenvalue weighted by atomic mass is 16.6. The first kappa shape index (κ1) is 34.3. The minimum Gasteiger partial charge on any atom is -0.456 e. The van der Waals surface area contributed by atoms with Gasteiger partial charge in [0.15, 0.2) is 0 Å². The Morgan fingerprint density at radius 3 is 2.43 bits per heavy atom. The molecule has 9 heteroatoms. The molecule has 5 rings (SSSR count). The van der Waals surface area contributed by atoms with Crippen molar-refractivity contribution >= 4 is 22.9 Å². The summed E-state index contributed by atoms with van der Waals surface area (Å²) in [4.78, 5) is 27.1. The standard InChI is InChI=1S/C38H48N4O5/c1-25-31(35(44)29-14-13-27-17-19-41(23-30(27)21-29)33(43)22-37(2,3)4)15-16-32-34(25)39-40-42(32)18-8-20-46-24-26-9-11-28(12-10-26)36(45)47-38(5,6)7/h9-16,21,35,44H,8,17-20,22-24H2,1-7H3. The molecule has 3 aromatic carbocycles. The molecule has 4 aromatic rings. The van der Waals surface area contributed by atoms with Crippen LogP contribution in [0, 0.1) is 12.3 Å². The number of carbonyl (C=O) groups is 2. The molecule has 47 heavy (non-hydrogen) atoms. The van der Waals surface area contributed by atoms with Crippen LogP contribution in [-0.2, 0) is 40.4 Å². The summed E-state index contributed by atoms with van der Waals surface area (Å²) in [6, 6.07) is 17.3. The molecule has 1 unspecified atom stereocenters. The van der Waals surface area contributed by atoms with Gasteiger partial charge in [0.05, 0.1) is 17.7 Å². The number of benzene rings is 3. The Bertz CT molecular complexity index is 1730. The number of nitrogens with zero attached hydrogens (tertiary/aromatic N) is 4. The summed E-state index contributed by atoms with van der Waals surface area (Å²) in [6.07, 6.45) is 1.28. The normalized spacial score (nSPS) is 14.3. The van der Waals surface area contributed by atoms with Crippen LogP contribution in [0.5, 0.6) is 0 Å². The second-order valence-corrected chi connectivity index (χ2v) is 14.8. The van der Waals surface area contributed by atoms with Crippen LogP contribution < -0.4 is 0 Å². The summed E-state index contributed by atoms with van der Waals surface area (Å²) in [7, 11) is 0. The van der Waals surface area contributed by atoms with Crippen LogP contribution in [0.3, 0.4) is 0 Å². The number of carbonyl (C=O) groups excluding carboxylic acids is 2. The van der Waals surface area contributed by atoms with Crippen molar-refractivity contribution in [2.24, 2.45) is 5.41 Å². The third-order valence-corrected chi connectivity index (χ3v) is 8.39. The summed E-state index contributed by atoms with van der Waals surface area (Å²) in [6.45, 7) is 16.7. The van der Waals surface area contributed by atoms with E-state index in [0.29, 0.717) is 38.3 Å². The summed E-state index contributed by atoms with van der Waals surface area (Å²) < 4.78 is 13.2. The maximum atomic E-state index is 12.9. The van der Waals surface area contributed by atoms with Crippen LogP contribution in [0.25, 0.3) is 11.0 Å². The highest BCUT2D eigenvalue weighted by Gasteiger charge is 2.26. The molecular weight excluding hydrogens is 592 g/mol. The van der Waals surface area contributed by atoms with Crippen molar-refractivity contribution in [1.29, 1.82) is 0 Å². The van der Waals surface area contributed by atoms with Gasteiger partial charge in [0.25, 0.3) is 0 Å². The molecular formula is C38H48N4O5. The van der Waals surface area contributed by atoms with E-state index in [0.717, 1.165) is 58.2 Å². The quantitative estimate of drug-likeness (QED) is 0.152. The van der Waals surface area contributed by atoms with E-state index >= 15 is 0 Å². The zero-order chi connectivity index (χ0) is 33.9. The number of aromatic nitrogens is 3. The summed E-state index contributed by atoms with van der Waals surface area (Å²) in [5, 5.41) is 20.3. The van der Waals surface area contributed by atoms with Crippen molar-refractivity contribution in [2.75, 3.05) is 13.2 Å². The molecule has 0 radical (unpaired) electrons. The molecule has 1 N–H and O–H groups in total. The van der Waals surface area contributed by atoms with E-state index in [1.165, 1.54) is 5.56 Å². The fourth-order valence-corrected chi connectivity index (χ4v) is 5.93. The molecule has 1 aromatic heterocycles. The van der Waals surface area contributed by atoms with Gasteiger partial charge in [0.1, 0.15) is 17.2 Å². The number of aliphatic hydroxyl groups is 1. The van der Waals surface area contributed by atoms with Gasteiger partial charge in [-0.1, -0.05) is 62.4 Å². The summed E-state index contributed by atoms with van der Waals surface area (Å²) in [5.41, 5.74) is 7.42. The van der Waals surface area contributed by atoms with Gasteiger partial charge in [-0.05, 0) is 97.5 Å². The van der Waals surface area contributed by atoms with Crippen molar-refractivity contribution in [3.8, 4) is 0 Å². The van der Waals surface area contributed by atoms with Crippen LogP contribution in [0.4, 0.5) is 0 Å². The minimum absolute atomic E-state index is 0.0541. The number of aliphatic hydroxyl groups excluding tert-OH is 1. The number of amides is 1. The molecule has 0 aliphatic carbocycles. The molecule has 250 valence electrons. The maximum absolute atomic E-state index is 12.9. The minimum atomic E-state index is -0.817. The predicted octanol–water partition coefficient (Wildman–Crippen LogP) is 6.70. The predicted molar refractivity (Wildman–Crippen MR) is 182 cm³/mol. The van der Waals surface area contributed by atoms with Gasteiger partial charge in [0.2, 0.25) is 5.91 Å². The lowest BCUT2D eigenvalue weighted by molar-refractivity contribution is -0.134. The van der Waals surface area contributed by atoms with Gasteiger partial charge in [-0.15, -0.1) is 5.10 Å². The fourth-order valence-electron chi connectivity index (χ4n) is 5.93. The van der Waals surface area contributed by atoms with Gasteiger partial charge < -0.3 is 19.5 Å². The Kier molecular flexibility index (Phi) is 10.2. The summed E-state index contributed by atoms with van der Waals surface area (Å²) >= 11 is 0. The van der Waals surface area contributed by atoms with E-state index in [9.17, 15) is 14.7 Å². The number of hydrogen-bond donors (Lipinski definition) is 1. The first-order chi connectivity index (χ1) is 22.2. The number of ether oxygens (including phenoxy) is 2. The number of aryl methyl sites for hydroxylation is 2. The Morgan fingerprint density at radius 2 is 1.72 bits per heavy atom. The maximum Gasteiger partial charge on any atom is 0.338 e. The smallest absolute Gasteiger partial charge is 0.338 e. The van der Waals surface area contributed by atoms with Gasteiger partial charge in [0, 0.05) is 32.7 Å². The zero-order valence-corrected chi connectivity index (χ0v) is 28.8. The van der Waals surface area contributed by atoms with Crippen molar-refractivity contribution < 1.29 is 24.2 Å². The lowest BCUT2D eigenvalue weighted by atomic mass is 9.89. The number of esters is 1. The van der Waals surface area contributed by atoms with Crippen molar-refractivity contribution in [3.05, 3.63) is 93.5 Å². The topological polar surface area (TPSA) is 107 Å². The van der Waals surface area contributed by atoms with Gasteiger partial charge in [-0.25, -0.2) is 9.48 Å². The van der Waals surface area contributed by atoms with Crippen LogP contribution in [0.2, 0.25) is 0 Å². The molecule has 0 saturated heterocycles. The molecule has 1 aliphatic rings. The molecule has 0 bridgehead atoms. The highest BCUT2D eigenvalue weighted by molar-refractivity contribution is 5.89. The van der Waals surface area contributed by atoms with E-state index in [2.05, 4.69) is 37.1 Å². The lowest BCUT2D eigenvalue weighted by Crippen LogP contribution is -2.37. The third kappa shape index (κ3) is 8.64.